The van der Waals surface area contributed by atoms with E-state index >= 15 is 0 Å². The maximum Gasteiger partial charge on any atom is 0.149 e. The standard InChI is InChI=1S/C10H12O2/c1-8(6-11)10-5-3-2-4-9(10)7-12/h6-7H,1-5H2. The number of hydrogen-bond acceptors (Lipinski definition) is 2. The van der Waals surface area contributed by atoms with E-state index in [-0.39, 0.29) is 0 Å². The Morgan fingerprint density at radius 2 is 1.92 bits per heavy atom. The number of carbonyl (C=O) groups excluding carboxylic acids is 2. The van der Waals surface area contributed by atoms with Gasteiger partial charge in [0.05, 0.1) is 0 Å². The molecule has 2 nitrogen and oxygen atoms in total. The molecule has 12 heavy (non-hydrogen) atoms. The van der Waals surface area contributed by atoms with Crippen molar-refractivity contribution in [2.24, 2.45) is 0 Å². The van der Waals surface area contributed by atoms with Crippen LogP contribution in [-0.4, -0.2) is 12.6 Å². The zero-order valence-corrected chi connectivity index (χ0v) is 7.01. The highest BCUT2D eigenvalue weighted by Crippen LogP contribution is 2.26. The van der Waals surface area contributed by atoms with Crippen LogP contribution >= 0.6 is 0 Å². The number of hydrogen-bond donors (Lipinski definition) is 0. The Labute approximate surface area is 72.0 Å². The van der Waals surface area contributed by atoms with Crippen molar-refractivity contribution in [3.8, 4) is 0 Å². The number of aldehydes is 2. The Kier molecular flexibility index (Phi) is 2.97. The largest absolute Gasteiger partial charge is 0.298 e. The molecule has 0 atom stereocenters. The lowest BCUT2D eigenvalue weighted by Gasteiger charge is -2.15. The van der Waals surface area contributed by atoms with E-state index in [1.807, 2.05) is 0 Å². The Morgan fingerprint density at radius 3 is 2.50 bits per heavy atom. The number of allylic oxidation sites excluding steroid dienone is 3. The molecule has 0 heterocycles. The quantitative estimate of drug-likeness (QED) is 0.471. The fourth-order valence-electron chi connectivity index (χ4n) is 1.50. The summed E-state index contributed by atoms with van der Waals surface area (Å²) in [5.74, 6) is 0. The van der Waals surface area contributed by atoms with E-state index < -0.39 is 0 Å². The smallest absolute Gasteiger partial charge is 0.149 e. The van der Waals surface area contributed by atoms with E-state index in [0.717, 1.165) is 49.4 Å². The van der Waals surface area contributed by atoms with Crippen LogP contribution in [0.1, 0.15) is 25.7 Å². The molecule has 1 rings (SSSR count). The highest BCUT2D eigenvalue weighted by Gasteiger charge is 2.13. The molecular formula is C10H12O2. The molecule has 0 aromatic carbocycles. The van der Waals surface area contributed by atoms with E-state index in [9.17, 15) is 9.59 Å². The molecule has 0 amide bonds. The number of carbonyl (C=O) groups is 2. The molecule has 2 heteroatoms. The highest BCUT2D eigenvalue weighted by molar-refractivity contribution is 5.85. The highest BCUT2D eigenvalue weighted by atomic mass is 16.1. The van der Waals surface area contributed by atoms with E-state index in [2.05, 4.69) is 6.58 Å². The van der Waals surface area contributed by atoms with Crippen molar-refractivity contribution in [2.45, 2.75) is 25.7 Å². The monoisotopic (exact) mass is 164 g/mol. The first-order valence-electron chi connectivity index (χ1n) is 4.11. The van der Waals surface area contributed by atoms with Crippen LogP contribution in [0.5, 0.6) is 0 Å². The topological polar surface area (TPSA) is 34.1 Å². The fourth-order valence-corrected chi connectivity index (χ4v) is 1.50. The van der Waals surface area contributed by atoms with Gasteiger partial charge < -0.3 is 0 Å². The summed E-state index contributed by atoms with van der Waals surface area (Å²) < 4.78 is 0. The van der Waals surface area contributed by atoms with Gasteiger partial charge >= 0.3 is 0 Å². The minimum Gasteiger partial charge on any atom is -0.298 e. The van der Waals surface area contributed by atoms with Crippen molar-refractivity contribution in [2.75, 3.05) is 0 Å². The average Bonchev–Trinajstić information content (AvgIpc) is 2.16. The van der Waals surface area contributed by atoms with Crippen molar-refractivity contribution < 1.29 is 9.59 Å². The van der Waals surface area contributed by atoms with Crippen LogP contribution in [0, 0.1) is 0 Å². The molecule has 0 spiro atoms. The van der Waals surface area contributed by atoms with Gasteiger partial charge in [0.15, 0.2) is 0 Å². The first-order valence-corrected chi connectivity index (χ1v) is 4.11. The minimum absolute atomic E-state index is 0.469. The lowest BCUT2D eigenvalue weighted by atomic mass is 9.89. The van der Waals surface area contributed by atoms with Gasteiger partial charge in [-0.25, -0.2) is 0 Å². The zero-order valence-electron chi connectivity index (χ0n) is 7.01. The summed E-state index contributed by atoms with van der Waals surface area (Å²) in [6.45, 7) is 3.61. The molecule has 0 saturated carbocycles. The molecule has 0 fully saturated rings. The van der Waals surface area contributed by atoms with Crippen LogP contribution in [0.4, 0.5) is 0 Å². The van der Waals surface area contributed by atoms with Gasteiger partial charge in [0.25, 0.3) is 0 Å². The van der Waals surface area contributed by atoms with E-state index in [1.165, 1.54) is 0 Å². The van der Waals surface area contributed by atoms with Gasteiger partial charge in [0, 0.05) is 5.57 Å². The van der Waals surface area contributed by atoms with Gasteiger partial charge in [-0.15, -0.1) is 0 Å². The number of rotatable bonds is 3. The van der Waals surface area contributed by atoms with Crippen LogP contribution < -0.4 is 0 Å². The molecule has 0 radical (unpaired) electrons. The second-order valence-electron chi connectivity index (χ2n) is 2.97. The van der Waals surface area contributed by atoms with E-state index in [4.69, 9.17) is 0 Å². The fraction of sp³-hybridized carbons (Fsp3) is 0.400. The summed E-state index contributed by atoms with van der Waals surface area (Å²) in [5, 5.41) is 0. The predicted molar refractivity (Wildman–Crippen MR) is 46.8 cm³/mol. The Hall–Kier alpha value is -1.18. The molecule has 0 saturated heterocycles. The summed E-state index contributed by atoms with van der Waals surface area (Å²) in [4.78, 5) is 21.0. The third-order valence-electron chi connectivity index (χ3n) is 2.18. The molecule has 0 aliphatic heterocycles. The van der Waals surface area contributed by atoms with Crippen LogP contribution in [0.3, 0.4) is 0 Å². The summed E-state index contributed by atoms with van der Waals surface area (Å²) in [5.41, 5.74) is 2.10. The lowest BCUT2D eigenvalue weighted by Crippen LogP contribution is -2.03. The minimum atomic E-state index is 0.469. The second-order valence-corrected chi connectivity index (χ2v) is 2.97. The molecule has 1 aliphatic carbocycles. The Balaban J connectivity index is 2.94. The van der Waals surface area contributed by atoms with Gasteiger partial charge in [-0.1, -0.05) is 6.58 Å². The van der Waals surface area contributed by atoms with Gasteiger partial charge in [0.2, 0.25) is 0 Å². The molecule has 0 aromatic rings. The van der Waals surface area contributed by atoms with Crippen molar-refractivity contribution >= 4 is 12.6 Å². The SMILES string of the molecule is C=C(C=O)C1=C(C=O)CCCC1. The molecule has 0 bridgehead atoms. The summed E-state index contributed by atoms with van der Waals surface area (Å²) in [7, 11) is 0. The third-order valence-corrected chi connectivity index (χ3v) is 2.18. The van der Waals surface area contributed by atoms with Crippen molar-refractivity contribution in [3.05, 3.63) is 23.3 Å². The van der Waals surface area contributed by atoms with Gasteiger partial charge in [-0.3, -0.25) is 9.59 Å². The maximum atomic E-state index is 10.6. The molecule has 1 aliphatic rings. The third kappa shape index (κ3) is 1.70. The summed E-state index contributed by atoms with van der Waals surface area (Å²) in [6, 6.07) is 0. The lowest BCUT2D eigenvalue weighted by molar-refractivity contribution is -0.105. The Bertz CT molecular complexity index is 249. The first-order chi connectivity index (χ1) is 5.79. The van der Waals surface area contributed by atoms with Gasteiger partial charge in [-0.2, -0.15) is 0 Å². The van der Waals surface area contributed by atoms with Crippen molar-refractivity contribution in [1.82, 2.24) is 0 Å². The molecule has 0 N–H and O–H groups in total. The summed E-state index contributed by atoms with van der Waals surface area (Å²) in [6.07, 6.45) is 5.30. The summed E-state index contributed by atoms with van der Waals surface area (Å²) >= 11 is 0. The molecule has 0 unspecified atom stereocenters. The van der Waals surface area contributed by atoms with E-state index in [0.29, 0.717) is 5.57 Å². The van der Waals surface area contributed by atoms with Crippen LogP contribution in [0.2, 0.25) is 0 Å². The maximum absolute atomic E-state index is 10.6. The average molecular weight is 164 g/mol. The Morgan fingerprint density at radius 1 is 1.25 bits per heavy atom. The van der Waals surface area contributed by atoms with Crippen molar-refractivity contribution in [1.29, 1.82) is 0 Å². The predicted octanol–water partition coefficient (Wildman–Crippen LogP) is 1.81. The molecule has 64 valence electrons. The second kappa shape index (κ2) is 4.00. The van der Waals surface area contributed by atoms with Crippen LogP contribution in [0.25, 0.3) is 0 Å². The molecule has 0 aromatic heterocycles. The normalized spacial score (nSPS) is 17.3. The van der Waals surface area contributed by atoms with Crippen molar-refractivity contribution in [3.63, 3.8) is 0 Å². The van der Waals surface area contributed by atoms with E-state index in [1.54, 1.807) is 0 Å². The van der Waals surface area contributed by atoms with Gasteiger partial charge in [-0.05, 0) is 36.8 Å². The van der Waals surface area contributed by atoms with Crippen LogP contribution in [-0.2, 0) is 9.59 Å². The first kappa shape index (κ1) is 8.91. The zero-order chi connectivity index (χ0) is 8.97. The van der Waals surface area contributed by atoms with Crippen LogP contribution in [0.15, 0.2) is 23.3 Å². The molecular weight excluding hydrogens is 152 g/mol. The van der Waals surface area contributed by atoms with Gasteiger partial charge in [0.1, 0.15) is 12.6 Å².